The molecule has 2 aromatic heterocycles. The van der Waals surface area contributed by atoms with E-state index in [4.69, 9.17) is 10.5 Å². The summed E-state index contributed by atoms with van der Waals surface area (Å²) in [6.45, 7) is 3.38. The Kier molecular flexibility index (Phi) is 9.94. The van der Waals surface area contributed by atoms with Crippen molar-refractivity contribution in [2.75, 3.05) is 36.0 Å². The molecular weight excluding hydrogens is 705 g/mol. The minimum Gasteiger partial charge on any atom is -0.393 e. The van der Waals surface area contributed by atoms with Gasteiger partial charge in [0.2, 0.25) is 11.8 Å². The number of hydrogen-bond acceptors (Lipinski definition) is 10. The Morgan fingerprint density at radius 2 is 1.04 bits per heavy atom. The summed E-state index contributed by atoms with van der Waals surface area (Å²) in [4.78, 5) is 39.9. The summed E-state index contributed by atoms with van der Waals surface area (Å²) in [5, 5.41) is 45.6. The van der Waals surface area contributed by atoms with Gasteiger partial charge in [0.1, 0.15) is 23.8 Å². The van der Waals surface area contributed by atoms with E-state index in [9.17, 15) is 19.8 Å². The van der Waals surface area contributed by atoms with Crippen molar-refractivity contribution in [3.63, 3.8) is 0 Å². The lowest BCUT2D eigenvalue weighted by Gasteiger charge is -2.58. The molecular formula is C44H56N8O4. The Balaban J connectivity index is 0.000000146. The van der Waals surface area contributed by atoms with E-state index in [-0.39, 0.29) is 46.9 Å². The van der Waals surface area contributed by atoms with E-state index < -0.39 is 0 Å². The molecule has 296 valence electrons. The smallest absolute Gasteiger partial charge is 0.226 e. The number of carbonyl (C=O) groups is 2. The van der Waals surface area contributed by atoms with Crippen LogP contribution in [0, 0.1) is 69.0 Å². The molecule has 2 amide bonds. The molecule has 4 N–H and O–H groups in total. The van der Waals surface area contributed by atoms with Gasteiger partial charge in [-0.15, -0.1) is 0 Å². The average Bonchev–Trinajstić information content (AvgIpc) is 3.21. The summed E-state index contributed by atoms with van der Waals surface area (Å²) in [7, 11) is 0. The van der Waals surface area contributed by atoms with Crippen molar-refractivity contribution in [1.29, 1.82) is 10.5 Å². The molecule has 2 aliphatic heterocycles. The molecule has 8 bridgehead atoms. The minimum atomic E-state index is -0.245. The van der Waals surface area contributed by atoms with Crippen molar-refractivity contribution in [2.24, 2.45) is 46.3 Å². The highest BCUT2D eigenvalue weighted by molar-refractivity contribution is 5.84. The molecule has 0 aromatic carbocycles. The van der Waals surface area contributed by atoms with E-state index in [2.05, 4.69) is 42.5 Å². The fourth-order valence-electron chi connectivity index (χ4n) is 13.1. The van der Waals surface area contributed by atoms with Crippen molar-refractivity contribution in [1.82, 2.24) is 20.6 Å². The van der Waals surface area contributed by atoms with Gasteiger partial charge < -0.3 is 30.6 Å². The Hall–Kier alpha value is -4.26. The lowest BCUT2D eigenvalue weighted by atomic mass is 9.48. The number of aliphatic hydroxyl groups is 2. The number of aromatic nitrogens is 2. The summed E-state index contributed by atoms with van der Waals surface area (Å²) in [6.07, 6.45) is 16.7. The van der Waals surface area contributed by atoms with Gasteiger partial charge in [-0.3, -0.25) is 9.59 Å². The predicted molar refractivity (Wildman–Crippen MR) is 209 cm³/mol. The van der Waals surface area contributed by atoms with Crippen LogP contribution < -0.4 is 20.4 Å². The average molecular weight is 761 g/mol. The van der Waals surface area contributed by atoms with Crippen molar-refractivity contribution in [2.45, 2.75) is 114 Å². The van der Waals surface area contributed by atoms with Gasteiger partial charge in [-0.1, -0.05) is 0 Å². The number of pyridine rings is 2. The molecule has 12 nitrogen and oxygen atoms in total. The second-order valence-corrected chi connectivity index (χ2v) is 19.0. The standard InChI is InChI=1S/2C22H28N4O2/c2*23-11-14-3-4-19(24-12-14)26-5-1-2-18(13-26)25-21(28)22-8-15-6-16(9-22)20(27)17(7-15)10-22/h2*3-4,12,15-18,20,27H,1-2,5-10,13H2,(H,25,28)/t2*15?,16?,17?,18-,20?,22?/m00/s1. The molecule has 12 rings (SSSR count). The second-order valence-electron chi connectivity index (χ2n) is 19.0. The zero-order valence-corrected chi connectivity index (χ0v) is 32.4. The maximum atomic E-state index is 13.3. The number of piperidine rings is 2. The first-order valence-electron chi connectivity index (χ1n) is 21.3. The van der Waals surface area contributed by atoms with Crippen LogP contribution in [0.25, 0.3) is 0 Å². The maximum Gasteiger partial charge on any atom is 0.226 e. The van der Waals surface area contributed by atoms with Gasteiger partial charge in [0.15, 0.2) is 0 Å². The SMILES string of the molecule is N#Cc1ccc(N2CCC[C@H](NC(=O)C34CC5CC(C3)C(O)C(C5)C4)C2)nc1.N#Cc1ccc(N2CCC[C@H](NC(=O)C34CC5CC(C3)C(O)C(C5)C4)C2)nc1. The van der Waals surface area contributed by atoms with Gasteiger partial charge in [0.25, 0.3) is 0 Å². The molecule has 8 aliphatic carbocycles. The lowest BCUT2D eigenvalue weighted by molar-refractivity contribution is -0.164. The summed E-state index contributed by atoms with van der Waals surface area (Å²) in [5.41, 5.74) is 0.638. The Morgan fingerprint density at radius 3 is 1.38 bits per heavy atom. The van der Waals surface area contributed by atoms with Crippen LogP contribution in [0.15, 0.2) is 36.7 Å². The molecule has 0 spiro atoms. The minimum absolute atomic E-state index is 0.136. The van der Waals surface area contributed by atoms with Crippen LogP contribution in [0.5, 0.6) is 0 Å². The monoisotopic (exact) mass is 760 g/mol. The molecule has 6 atom stereocenters. The van der Waals surface area contributed by atoms with Crippen LogP contribution >= 0.6 is 0 Å². The van der Waals surface area contributed by atoms with Crippen LogP contribution in [-0.2, 0) is 9.59 Å². The largest absolute Gasteiger partial charge is 0.393 e. The van der Waals surface area contributed by atoms with Crippen LogP contribution in [-0.4, -0.2) is 82.5 Å². The third kappa shape index (κ3) is 7.02. The van der Waals surface area contributed by atoms with E-state index >= 15 is 0 Å². The first-order valence-corrected chi connectivity index (χ1v) is 21.3. The normalized spacial score (nSPS) is 38.9. The van der Waals surface area contributed by atoms with E-state index in [0.29, 0.717) is 46.6 Å². The maximum absolute atomic E-state index is 13.3. The number of anilines is 2. The van der Waals surface area contributed by atoms with Crippen LogP contribution in [0.4, 0.5) is 11.6 Å². The van der Waals surface area contributed by atoms with Crippen molar-refractivity contribution in [3.05, 3.63) is 47.8 Å². The fourth-order valence-corrected chi connectivity index (χ4v) is 13.1. The zero-order valence-electron chi connectivity index (χ0n) is 32.4. The highest BCUT2D eigenvalue weighted by Gasteiger charge is 2.59. The number of carbonyl (C=O) groups excluding carboxylic acids is 2. The molecule has 4 unspecified atom stereocenters. The van der Waals surface area contributed by atoms with Crippen LogP contribution in [0.2, 0.25) is 0 Å². The highest BCUT2D eigenvalue weighted by atomic mass is 16.3. The molecule has 2 aromatic rings. The number of nitrogens with one attached hydrogen (secondary N) is 2. The molecule has 10 fully saturated rings. The van der Waals surface area contributed by atoms with Gasteiger partial charge in [0, 0.05) is 50.7 Å². The number of hydrogen-bond donors (Lipinski definition) is 4. The number of nitriles is 2. The Morgan fingerprint density at radius 1 is 0.643 bits per heavy atom. The van der Waals surface area contributed by atoms with Gasteiger partial charge in [-0.25, -0.2) is 9.97 Å². The second kappa shape index (κ2) is 14.9. The van der Waals surface area contributed by atoms with Gasteiger partial charge in [-0.2, -0.15) is 10.5 Å². The predicted octanol–water partition coefficient (Wildman–Crippen LogP) is 4.45. The van der Waals surface area contributed by atoms with Gasteiger partial charge >= 0.3 is 0 Å². The van der Waals surface area contributed by atoms with Crippen molar-refractivity contribution >= 4 is 23.5 Å². The quantitative estimate of drug-likeness (QED) is 0.329. The van der Waals surface area contributed by atoms with E-state index in [1.807, 2.05) is 12.1 Å². The number of aliphatic hydroxyl groups excluding tert-OH is 2. The third-order valence-corrected chi connectivity index (χ3v) is 15.3. The summed E-state index contributed by atoms with van der Waals surface area (Å²) >= 11 is 0. The van der Waals surface area contributed by atoms with E-state index in [0.717, 1.165) is 128 Å². The van der Waals surface area contributed by atoms with E-state index in [1.165, 1.54) is 0 Å². The number of rotatable bonds is 6. The van der Waals surface area contributed by atoms with Crippen LogP contribution in [0.3, 0.4) is 0 Å². The molecule has 2 saturated heterocycles. The number of nitrogens with zero attached hydrogens (tertiary/aromatic N) is 6. The number of amides is 2. The highest BCUT2D eigenvalue weighted by Crippen LogP contribution is 2.61. The summed E-state index contributed by atoms with van der Waals surface area (Å²) < 4.78 is 0. The molecule has 4 heterocycles. The first-order chi connectivity index (χ1) is 27.1. The molecule has 12 heteroatoms. The fraction of sp³-hybridized carbons (Fsp3) is 0.682. The molecule has 0 radical (unpaired) electrons. The van der Waals surface area contributed by atoms with E-state index in [1.54, 1.807) is 24.5 Å². The van der Waals surface area contributed by atoms with Crippen molar-refractivity contribution < 1.29 is 19.8 Å². The lowest BCUT2D eigenvalue weighted by Crippen LogP contribution is -2.60. The van der Waals surface area contributed by atoms with Gasteiger partial charge in [-0.05, 0) is 150 Å². The van der Waals surface area contributed by atoms with Crippen LogP contribution in [0.1, 0.15) is 101 Å². The topological polar surface area (TPSA) is 178 Å². The first kappa shape index (κ1) is 37.3. The van der Waals surface area contributed by atoms with Crippen molar-refractivity contribution in [3.8, 4) is 12.1 Å². The van der Waals surface area contributed by atoms with Gasteiger partial charge in [0.05, 0.1) is 34.2 Å². The zero-order chi connectivity index (χ0) is 38.6. The Labute approximate surface area is 330 Å². The Bertz CT molecular complexity index is 1710. The summed E-state index contributed by atoms with van der Waals surface area (Å²) in [5.74, 6) is 4.72. The third-order valence-electron chi connectivity index (χ3n) is 15.3. The molecule has 8 saturated carbocycles. The molecule has 56 heavy (non-hydrogen) atoms. The summed E-state index contributed by atoms with van der Waals surface area (Å²) in [6, 6.07) is 11.9. The molecule has 10 aliphatic rings.